The Bertz CT molecular complexity index is 901. The lowest BCUT2D eigenvalue weighted by Crippen LogP contribution is -2.44. The zero-order valence-corrected chi connectivity index (χ0v) is 15.0. The van der Waals surface area contributed by atoms with Gasteiger partial charge < -0.3 is 4.74 Å². The molecular formula is C16H17ClFN5O3. The Morgan fingerprint density at radius 2 is 2.15 bits per heavy atom. The van der Waals surface area contributed by atoms with E-state index in [1.165, 1.54) is 17.0 Å². The fourth-order valence-electron chi connectivity index (χ4n) is 2.71. The maximum absolute atomic E-state index is 14.1. The van der Waals surface area contributed by atoms with E-state index in [1.807, 2.05) is 13.8 Å². The smallest absolute Gasteiger partial charge is 0.377 e. The second-order valence-electron chi connectivity index (χ2n) is 5.92. The van der Waals surface area contributed by atoms with Gasteiger partial charge in [0, 0.05) is 18.2 Å². The molecule has 0 bridgehead atoms. The number of tetrazole rings is 1. The summed E-state index contributed by atoms with van der Waals surface area (Å²) in [5.41, 5.74) is -0.415. The summed E-state index contributed by atoms with van der Waals surface area (Å²) in [5.74, 6) is -0.744. The van der Waals surface area contributed by atoms with E-state index in [0.29, 0.717) is 29.0 Å². The molecule has 1 aromatic carbocycles. The largest absolute Gasteiger partial charge is 0.377 e. The van der Waals surface area contributed by atoms with Crippen molar-refractivity contribution < 1.29 is 13.9 Å². The highest BCUT2D eigenvalue weighted by molar-refractivity contribution is 6.32. The quantitative estimate of drug-likeness (QED) is 0.761. The third-order valence-electron chi connectivity index (χ3n) is 3.88. The number of amides is 1. The predicted octanol–water partition coefficient (Wildman–Crippen LogP) is 2.20. The summed E-state index contributed by atoms with van der Waals surface area (Å²) in [6, 6.07) is 3.07. The number of hydrogen-bond donors (Lipinski definition) is 0. The van der Waals surface area contributed by atoms with Crippen LogP contribution in [-0.2, 0) is 4.74 Å². The first-order chi connectivity index (χ1) is 12.4. The maximum Gasteiger partial charge on any atom is 0.377 e. The molecule has 1 aliphatic rings. The molecule has 0 atom stereocenters. The molecule has 1 aliphatic heterocycles. The number of aromatic nitrogens is 4. The molecule has 0 aliphatic carbocycles. The van der Waals surface area contributed by atoms with Crippen LogP contribution in [0.3, 0.4) is 0 Å². The molecule has 0 radical (unpaired) electrons. The Morgan fingerprint density at radius 3 is 2.77 bits per heavy atom. The number of carbonyl (C=O) groups excluding carboxylic acids is 1. The molecule has 0 unspecified atom stereocenters. The van der Waals surface area contributed by atoms with Crippen molar-refractivity contribution >= 4 is 17.6 Å². The lowest BCUT2D eigenvalue weighted by molar-refractivity contribution is 0.136. The van der Waals surface area contributed by atoms with Crippen molar-refractivity contribution in [1.82, 2.24) is 24.7 Å². The summed E-state index contributed by atoms with van der Waals surface area (Å²) in [6.07, 6.45) is 2.32. The number of para-hydroxylation sites is 1. The van der Waals surface area contributed by atoms with Gasteiger partial charge in [0.1, 0.15) is 5.69 Å². The SMILES string of the molecule is CC(C)N(C(=O)n1nnn(-c2c(F)cccc2Cl)c1=O)C1=CCOCC1. The van der Waals surface area contributed by atoms with Gasteiger partial charge in [-0.1, -0.05) is 17.7 Å². The Kier molecular flexibility index (Phi) is 5.19. The summed E-state index contributed by atoms with van der Waals surface area (Å²) in [6.45, 7) is 4.50. The average molecular weight is 382 g/mol. The summed E-state index contributed by atoms with van der Waals surface area (Å²) >= 11 is 5.96. The highest BCUT2D eigenvalue weighted by Gasteiger charge is 2.28. The molecular weight excluding hydrogens is 365 g/mol. The topological polar surface area (TPSA) is 82.3 Å². The molecule has 0 N–H and O–H groups in total. The first-order valence-electron chi connectivity index (χ1n) is 8.01. The van der Waals surface area contributed by atoms with Crippen molar-refractivity contribution in [2.24, 2.45) is 0 Å². The lowest BCUT2D eigenvalue weighted by Gasteiger charge is -2.30. The lowest BCUT2D eigenvalue weighted by atomic mass is 10.2. The molecule has 1 amide bonds. The minimum absolute atomic E-state index is 0.0144. The van der Waals surface area contributed by atoms with E-state index in [9.17, 15) is 14.0 Å². The first-order valence-corrected chi connectivity index (χ1v) is 8.39. The average Bonchev–Trinajstić information content (AvgIpc) is 2.97. The van der Waals surface area contributed by atoms with Crippen molar-refractivity contribution in [1.29, 1.82) is 0 Å². The summed E-state index contributed by atoms with van der Waals surface area (Å²) in [7, 11) is 0. The number of nitrogens with zero attached hydrogens (tertiary/aromatic N) is 5. The Balaban J connectivity index is 2.02. The van der Waals surface area contributed by atoms with E-state index in [4.69, 9.17) is 16.3 Å². The van der Waals surface area contributed by atoms with Crippen LogP contribution < -0.4 is 5.69 Å². The highest BCUT2D eigenvalue weighted by Crippen LogP contribution is 2.21. The van der Waals surface area contributed by atoms with Gasteiger partial charge in [-0.3, -0.25) is 4.90 Å². The van der Waals surface area contributed by atoms with E-state index in [1.54, 1.807) is 6.08 Å². The van der Waals surface area contributed by atoms with Crippen molar-refractivity contribution in [3.63, 3.8) is 0 Å². The molecule has 0 fully saturated rings. The van der Waals surface area contributed by atoms with E-state index < -0.39 is 17.5 Å². The molecule has 2 aromatic rings. The number of hydrogen-bond acceptors (Lipinski definition) is 5. The van der Waals surface area contributed by atoms with Gasteiger partial charge >= 0.3 is 11.7 Å². The Morgan fingerprint density at radius 1 is 1.38 bits per heavy atom. The van der Waals surface area contributed by atoms with Crippen LogP contribution in [0.2, 0.25) is 5.02 Å². The molecule has 0 saturated heterocycles. The van der Waals surface area contributed by atoms with Crippen molar-refractivity contribution in [3.05, 3.63) is 51.3 Å². The van der Waals surface area contributed by atoms with Crippen molar-refractivity contribution in [3.8, 4) is 5.69 Å². The normalized spacial score (nSPS) is 14.4. The second-order valence-corrected chi connectivity index (χ2v) is 6.33. The molecule has 10 heteroatoms. The van der Waals surface area contributed by atoms with Crippen LogP contribution in [0.4, 0.5) is 9.18 Å². The zero-order chi connectivity index (χ0) is 18.8. The van der Waals surface area contributed by atoms with Gasteiger partial charge in [-0.15, -0.1) is 4.68 Å². The van der Waals surface area contributed by atoms with Crippen LogP contribution in [0.1, 0.15) is 20.3 Å². The molecule has 26 heavy (non-hydrogen) atoms. The van der Waals surface area contributed by atoms with Gasteiger partial charge in [0.15, 0.2) is 5.82 Å². The third-order valence-corrected chi connectivity index (χ3v) is 4.19. The van der Waals surface area contributed by atoms with Gasteiger partial charge in [0.05, 0.1) is 18.2 Å². The van der Waals surface area contributed by atoms with Gasteiger partial charge in [-0.2, -0.15) is 4.68 Å². The number of carbonyl (C=O) groups is 1. The van der Waals surface area contributed by atoms with Crippen LogP contribution >= 0.6 is 11.6 Å². The minimum atomic E-state index is -0.902. The molecule has 0 spiro atoms. The predicted molar refractivity (Wildman–Crippen MR) is 91.9 cm³/mol. The number of benzene rings is 1. The van der Waals surface area contributed by atoms with Crippen molar-refractivity contribution in [2.75, 3.05) is 13.2 Å². The Labute approximate surface area is 153 Å². The third kappa shape index (κ3) is 3.27. The van der Waals surface area contributed by atoms with E-state index in [2.05, 4.69) is 10.4 Å². The van der Waals surface area contributed by atoms with Crippen LogP contribution in [0.15, 0.2) is 34.8 Å². The van der Waals surface area contributed by atoms with Crippen molar-refractivity contribution in [2.45, 2.75) is 26.3 Å². The van der Waals surface area contributed by atoms with Crippen LogP contribution in [-0.4, -0.2) is 50.0 Å². The molecule has 2 heterocycles. The number of halogens is 2. The monoisotopic (exact) mass is 381 g/mol. The maximum atomic E-state index is 14.1. The number of rotatable bonds is 3. The first kappa shape index (κ1) is 18.3. The number of ether oxygens (including phenoxy) is 1. The van der Waals surface area contributed by atoms with Gasteiger partial charge in [0.25, 0.3) is 0 Å². The molecule has 3 rings (SSSR count). The second kappa shape index (κ2) is 7.38. The molecule has 138 valence electrons. The molecule has 8 nitrogen and oxygen atoms in total. The van der Waals surface area contributed by atoms with E-state index in [-0.39, 0.29) is 16.8 Å². The fourth-order valence-corrected chi connectivity index (χ4v) is 2.95. The van der Waals surface area contributed by atoms with Gasteiger partial charge in [-0.25, -0.2) is 14.0 Å². The molecule has 0 saturated carbocycles. The Hall–Kier alpha value is -2.52. The summed E-state index contributed by atoms with van der Waals surface area (Å²) in [4.78, 5) is 26.9. The minimum Gasteiger partial charge on any atom is -0.377 e. The van der Waals surface area contributed by atoms with Crippen LogP contribution in [0.5, 0.6) is 0 Å². The van der Waals surface area contributed by atoms with Gasteiger partial charge in [0.2, 0.25) is 0 Å². The standard InChI is InChI=1S/C16H17ClFN5O3/c1-10(2)21(11-6-8-26-9-7-11)15(24)23-16(25)22(19-20-23)14-12(17)4-3-5-13(14)18/h3-6,10H,7-9H2,1-2H3. The summed E-state index contributed by atoms with van der Waals surface area (Å²) < 4.78 is 20.6. The van der Waals surface area contributed by atoms with Crippen LogP contribution in [0, 0.1) is 5.82 Å². The molecule has 1 aromatic heterocycles. The zero-order valence-electron chi connectivity index (χ0n) is 14.2. The van der Waals surface area contributed by atoms with E-state index >= 15 is 0 Å². The highest BCUT2D eigenvalue weighted by atomic mass is 35.5. The fraction of sp³-hybridized carbons (Fsp3) is 0.375. The summed E-state index contributed by atoms with van der Waals surface area (Å²) in [5, 5.41) is 7.22. The van der Waals surface area contributed by atoms with E-state index in [0.717, 1.165) is 11.8 Å². The van der Waals surface area contributed by atoms with Gasteiger partial charge in [-0.05, 0) is 42.5 Å². The van der Waals surface area contributed by atoms with Crippen LogP contribution in [0.25, 0.3) is 5.69 Å².